The van der Waals surface area contributed by atoms with Crippen molar-refractivity contribution < 1.29 is 9.90 Å². The highest BCUT2D eigenvalue weighted by Gasteiger charge is 2.16. The summed E-state index contributed by atoms with van der Waals surface area (Å²) in [6.45, 7) is 6.18. The standard InChI is InChI=1S/C11H18N2O2/c1-7(2)5-9-8(3)12-13(4)10(9)6-11(14)15/h7H,5-6H2,1-4H3,(H,14,15). The van der Waals surface area contributed by atoms with E-state index in [1.54, 1.807) is 11.7 Å². The monoisotopic (exact) mass is 210 g/mol. The third kappa shape index (κ3) is 2.81. The summed E-state index contributed by atoms with van der Waals surface area (Å²) in [5.41, 5.74) is 2.87. The molecule has 0 saturated heterocycles. The first-order valence-electron chi connectivity index (χ1n) is 5.15. The summed E-state index contributed by atoms with van der Waals surface area (Å²) in [7, 11) is 1.80. The zero-order valence-electron chi connectivity index (χ0n) is 9.74. The van der Waals surface area contributed by atoms with Crippen LogP contribution < -0.4 is 0 Å². The molecular formula is C11H18N2O2. The molecule has 0 amide bonds. The molecule has 1 rings (SSSR count). The van der Waals surface area contributed by atoms with Crippen LogP contribution in [0.25, 0.3) is 0 Å². The van der Waals surface area contributed by atoms with Gasteiger partial charge in [0.15, 0.2) is 0 Å². The molecule has 0 aliphatic carbocycles. The van der Waals surface area contributed by atoms with Gasteiger partial charge in [-0.25, -0.2) is 0 Å². The molecule has 0 aromatic carbocycles. The van der Waals surface area contributed by atoms with Crippen LogP contribution in [0, 0.1) is 12.8 Å². The van der Waals surface area contributed by atoms with E-state index in [0.717, 1.165) is 23.4 Å². The fourth-order valence-electron chi connectivity index (χ4n) is 1.79. The van der Waals surface area contributed by atoms with E-state index in [4.69, 9.17) is 5.11 Å². The Morgan fingerprint density at radius 2 is 2.13 bits per heavy atom. The molecule has 0 saturated carbocycles. The van der Waals surface area contributed by atoms with E-state index in [-0.39, 0.29) is 6.42 Å². The van der Waals surface area contributed by atoms with Gasteiger partial charge in [-0.15, -0.1) is 0 Å². The Bertz CT molecular complexity index is 367. The van der Waals surface area contributed by atoms with Crippen molar-refractivity contribution in [3.63, 3.8) is 0 Å². The molecule has 84 valence electrons. The Kier molecular flexibility index (Phi) is 3.50. The van der Waals surface area contributed by atoms with Gasteiger partial charge in [0.05, 0.1) is 17.8 Å². The van der Waals surface area contributed by atoms with Crippen molar-refractivity contribution in [1.82, 2.24) is 9.78 Å². The Hall–Kier alpha value is -1.32. The van der Waals surface area contributed by atoms with Crippen molar-refractivity contribution in [3.05, 3.63) is 17.0 Å². The minimum absolute atomic E-state index is 0.0550. The Labute approximate surface area is 89.9 Å². The molecule has 1 aromatic rings. The number of aryl methyl sites for hydroxylation is 2. The Morgan fingerprint density at radius 1 is 1.53 bits per heavy atom. The van der Waals surface area contributed by atoms with Gasteiger partial charge in [-0.1, -0.05) is 13.8 Å². The first-order chi connectivity index (χ1) is 6.91. The molecule has 0 radical (unpaired) electrons. The number of hydrogen-bond acceptors (Lipinski definition) is 2. The zero-order valence-corrected chi connectivity index (χ0v) is 9.74. The number of aromatic nitrogens is 2. The summed E-state index contributed by atoms with van der Waals surface area (Å²) in [6, 6.07) is 0. The normalized spacial score (nSPS) is 11.0. The predicted octanol–water partition coefficient (Wildman–Crippen LogP) is 1.55. The lowest BCUT2D eigenvalue weighted by Gasteiger charge is -2.06. The highest BCUT2D eigenvalue weighted by Crippen LogP contribution is 2.18. The van der Waals surface area contributed by atoms with Crippen LogP contribution in [-0.4, -0.2) is 20.9 Å². The fraction of sp³-hybridized carbons (Fsp3) is 0.636. The van der Waals surface area contributed by atoms with E-state index in [1.165, 1.54) is 0 Å². The zero-order chi connectivity index (χ0) is 11.6. The maximum absolute atomic E-state index is 10.7. The molecule has 4 nitrogen and oxygen atoms in total. The Morgan fingerprint density at radius 3 is 2.60 bits per heavy atom. The number of nitrogens with zero attached hydrogens (tertiary/aromatic N) is 2. The second-order valence-corrected chi connectivity index (χ2v) is 4.30. The maximum Gasteiger partial charge on any atom is 0.309 e. The predicted molar refractivity (Wildman–Crippen MR) is 57.8 cm³/mol. The van der Waals surface area contributed by atoms with Gasteiger partial charge in [0.2, 0.25) is 0 Å². The molecule has 1 aromatic heterocycles. The van der Waals surface area contributed by atoms with Gasteiger partial charge in [0.25, 0.3) is 0 Å². The molecule has 0 spiro atoms. The molecule has 0 bridgehead atoms. The van der Waals surface area contributed by atoms with Crippen LogP contribution >= 0.6 is 0 Å². The lowest BCUT2D eigenvalue weighted by atomic mass is 10.00. The van der Waals surface area contributed by atoms with Gasteiger partial charge >= 0.3 is 5.97 Å². The van der Waals surface area contributed by atoms with Crippen LogP contribution in [0.4, 0.5) is 0 Å². The first kappa shape index (κ1) is 11.8. The van der Waals surface area contributed by atoms with Gasteiger partial charge in [-0.3, -0.25) is 9.48 Å². The summed E-state index contributed by atoms with van der Waals surface area (Å²) >= 11 is 0. The number of carbonyl (C=O) groups is 1. The summed E-state index contributed by atoms with van der Waals surface area (Å²) in [4.78, 5) is 10.7. The molecule has 0 aliphatic rings. The van der Waals surface area contributed by atoms with Crippen LogP contribution in [0.1, 0.15) is 30.8 Å². The second-order valence-electron chi connectivity index (χ2n) is 4.30. The van der Waals surface area contributed by atoms with Gasteiger partial charge in [-0.05, 0) is 24.8 Å². The lowest BCUT2D eigenvalue weighted by molar-refractivity contribution is -0.136. The highest BCUT2D eigenvalue weighted by atomic mass is 16.4. The second kappa shape index (κ2) is 4.47. The van der Waals surface area contributed by atoms with Crippen LogP contribution in [-0.2, 0) is 24.7 Å². The van der Waals surface area contributed by atoms with Crippen LogP contribution in [0.3, 0.4) is 0 Å². The van der Waals surface area contributed by atoms with E-state index < -0.39 is 5.97 Å². The minimum atomic E-state index is -0.803. The van der Waals surface area contributed by atoms with Crippen LogP contribution in [0.5, 0.6) is 0 Å². The largest absolute Gasteiger partial charge is 0.481 e. The summed E-state index contributed by atoms with van der Waals surface area (Å²) in [5, 5.41) is 13.1. The van der Waals surface area contributed by atoms with Crippen LogP contribution in [0.2, 0.25) is 0 Å². The van der Waals surface area contributed by atoms with Gasteiger partial charge < -0.3 is 5.11 Å². The molecule has 0 aliphatic heterocycles. The van der Waals surface area contributed by atoms with Crippen molar-refractivity contribution in [3.8, 4) is 0 Å². The number of aliphatic carboxylic acids is 1. The van der Waals surface area contributed by atoms with E-state index in [1.807, 2.05) is 6.92 Å². The topological polar surface area (TPSA) is 55.1 Å². The number of carboxylic acids is 1. The van der Waals surface area contributed by atoms with Crippen molar-refractivity contribution in [2.75, 3.05) is 0 Å². The Balaban J connectivity index is 3.05. The number of carboxylic acid groups (broad SMARTS) is 1. The number of rotatable bonds is 4. The molecule has 15 heavy (non-hydrogen) atoms. The van der Waals surface area contributed by atoms with Gasteiger partial charge in [-0.2, -0.15) is 5.10 Å². The van der Waals surface area contributed by atoms with Crippen molar-refractivity contribution in [2.24, 2.45) is 13.0 Å². The van der Waals surface area contributed by atoms with E-state index >= 15 is 0 Å². The quantitative estimate of drug-likeness (QED) is 0.820. The third-order valence-electron chi connectivity index (χ3n) is 2.41. The molecule has 0 fully saturated rings. The molecule has 4 heteroatoms. The van der Waals surface area contributed by atoms with Crippen molar-refractivity contribution in [1.29, 1.82) is 0 Å². The summed E-state index contributed by atoms with van der Waals surface area (Å²) in [6.07, 6.45) is 0.946. The molecule has 0 unspecified atom stereocenters. The average molecular weight is 210 g/mol. The summed E-state index contributed by atoms with van der Waals surface area (Å²) < 4.78 is 1.68. The van der Waals surface area contributed by atoms with E-state index in [2.05, 4.69) is 18.9 Å². The minimum Gasteiger partial charge on any atom is -0.481 e. The van der Waals surface area contributed by atoms with Gasteiger partial charge in [0.1, 0.15) is 0 Å². The van der Waals surface area contributed by atoms with E-state index in [0.29, 0.717) is 5.92 Å². The van der Waals surface area contributed by atoms with Crippen molar-refractivity contribution >= 4 is 5.97 Å². The molecule has 1 N–H and O–H groups in total. The van der Waals surface area contributed by atoms with Gasteiger partial charge in [0, 0.05) is 7.05 Å². The highest BCUT2D eigenvalue weighted by molar-refractivity contribution is 5.70. The van der Waals surface area contributed by atoms with Crippen molar-refractivity contribution in [2.45, 2.75) is 33.6 Å². The molecular weight excluding hydrogens is 192 g/mol. The SMILES string of the molecule is Cc1nn(C)c(CC(=O)O)c1CC(C)C. The lowest BCUT2D eigenvalue weighted by Crippen LogP contribution is -2.09. The smallest absolute Gasteiger partial charge is 0.309 e. The number of hydrogen-bond donors (Lipinski definition) is 1. The summed E-state index contributed by atoms with van der Waals surface area (Å²) in [5.74, 6) is -0.288. The van der Waals surface area contributed by atoms with Crippen LogP contribution in [0.15, 0.2) is 0 Å². The molecule has 1 heterocycles. The maximum atomic E-state index is 10.7. The first-order valence-corrected chi connectivity index (χ1v) is 5.15. The third-order valence-corrected chi connectivity index (χ3v) is 2.41. The molecule has 0 atom stereocenters. The average Bonchev–Trinajstić information content (AvgIpc) is 2.30. The van der Waals surface area contributed by atoms with E-state index in [9.17, 15) is 4.79 Å². The fourth-order valence-corrected chi connectivity index (χ4v) is 1.79.